The van der Waals surface area contributed by atoms with Gasteiger partial charge in [-0.25, -0.2) is 0 Å². The van der Waals surface area contributed by atoms with E-state index >= 15 is 0 Å². The number of rotatable bonds is 6. The second-order valence-electron chi connectivity index (χ2n) is 5.31. The monoisotopic (exact) mass is 381 g/mol. The maximum atomic E-state index is 12.3. The molecule has 130 valence electrons. The molecule has 3 rings (SSSR count). The van der Waals surface area contributed by atoms with Gasteiger partial charge in [0.25, 0.3) is 0 Å². The number of benzene rings is 2. The zero-order valence-electron chi connectivity index (χ0n) is 13.8. The highest BCUT2D eigenvalue weighted by atomic mass is 32.2. The number of para-hydroxylation sites is 1. The average Bonchev–Trinajstić information content (AvgIpc) is 3.09. The molecule has 0 spiro atoms. The predicted molar refractivity (Wildman–Crippen MR) is 105 cm³/mol. The molecule has 1 amide bonds. The summed E-state index contributed by atoms with van der Waals surface area (Å²) in [4.78, 5) is 12.3. The topological polar surface area (TPSA) is 90.7 Å². The first kappa shape index (κ1) is 17.9. The molecule has 0 aliphatic rings. The summed E-state index contributed by atoms with van der Waals surface area (Å²) in [5.41, 5.74) is 2.04. The van der Waals surface area contributed by atoms with E-state index in [-0.39, 0.29) is 11.2 Å². The summed E-state index contributed by atoms with van der Waals surface area (Å²) < 4.78 is 0.705. The largest absolute Gasteiger partial charge is 0.330 e. The molecule has 0 radical (unpaired) electrons. The molecule has 2 N–H and O–H groups in total. The fourth-order valence-electron chi connectivity index (χ4n) is 2.07. The normalized spacial score (nSPS) is 11.4. The Morgan fingerprint density at radius 3 is 2.69 bits per heavy atom. The number of nitrogens with one attached hydrogen (secondary N) is 2. The molecule has 2 aromatic carbocycles. The summed E-state index contributed by atoms with van der Waals surface area (Å²) in [5.74, 6) is -0.155. The number of carbonyl (C=O) groups excluding carboxylic acids is 1. The van der Waals surface area contributed by atoms with Crippen LogP contribution in [0.4, 0.5) is 16.5 Å². The van der Waals surface area contributed by atoms with Crippen molar-refractivity contribution in [1.29, 1.82) is 5.26 Å². The van der Waals surface area contributed by atoms with E-state index in [2.05, 4.69) is 26.9 Å². The van der Waals surface area contributed by atoms with Crippen molar-refractivity contribution in [3.05, 3.63) is 60.2 Å². The molecule has 0 fully saturated rings. The molecule has 1 atom stereocenters. The van der Waals surface area contributed by atoms with Crippen LogP contribution >= 0.6 is 23.1 Å². The maximum Gasteiger partial charge on any atom is 0.237 e. The Morgan fingerprint density at radius 1 is 1.15 bits per heavy atom. The third kappa shape index (κ3) is 4.81. The van der Waals surface area contributed by atoms with Crippen LogP contribution in [0.1, 0.15) is 12.5 Å². The molecule has 1 aromatic heterocycles. The summed E-state index contributed by atoms with van der Waals surface area (Å²) in [6.07, 6.45) is 0. The molecule has 0 saturated carbocycles. The van der Waals surface area contributed by atoms with Gasteiger partial charge >= 0.3 is 0 Å². The molecule has 6 nitrogen and oxygen atoms in total. The Kier molecular flexibility index (Phi) is 5.84. The van der Waals surface area contributed by atoms with Crippen molar-refractivity contribution in [2.45, 2.75) is 16.5 Å². The first-order valence-electron chi connectivity index (χ1n) is 7.77. The van der Waals surface area contributed by atoms with Gasteiger partial charge in [0.05, 0.1) is 16.9 Å². The van der Waals surface area contributed by atoms with Gasteiger partial charge in [-0.3, -0.25) is 4.79 Å². The number of hydrogen-bond donors (Lipinski definition) is 2. The van der Waals surface area contributed by atoms with Crippen molar-refractivity contribution in [3.8, 4) is 6.07 Å². The lowest BCUT2D eigenvalue weighted by atomic mass is 10.2. The SMILES string of the molecule is CC(Sc1nnc(Nc2ccccc2)s1)C(=O)Nc1cccc(C#N)c1. The molecule has 1 heterocycles. The van der Waals surface area contributed by atoms with Crippen LogP contribution in [0.15, 0.2) is 58.9 Å². The number of nitriles is 1. The van der Waals surface area contributed by atoms with Gasteiger partial charge < -0.3 is 10.6 Å². The Bertz CT molecular complexity index is 936. The van der Waals surface area contributed by atoms with Gasteiger partial charge in [-0.1, -0.05) is 47.4 Å². The Hall–Kier alpha value is -2.89. The van der Waals surface area contributed by atoms with Crippen molar-refractivity contribution in [1.82, 2.24) is 10.2 Å². The number of aromatic nitrogens is 2. The lowest BCUT2D eigenvalue weighted by Crippen LogP contribution is -2.22. The van der Waals surface area contributed by atoms with E-state index in [1.807, 2.05) is 30.3 Å². The highest BCUT2D eigenvalue weighted by molar-refractivity contribution is 8.02. The van der Waals surface area contributed by atoms with Crippen LogP contribution in [0.25, 0.3) is 0 Å². The average molecular weight is 381 g/mol. The molecule has 0 aliphatic heterocycles. The van der Waals surface area contributed by atoms with Crippen molar-refractivity contribution < 1.29 is 4.79 Å². The second-order valence-corrected chi connectivity index (χ2v) is 7.87. The smallest absolute Gasteiger partial charge is 0.237 e. The van der Waals surface area contributed by atoms with Crippen molar-refractivity contribution in [3.63, 3.8) is 0 Å². The summed E-state index contributed by atoms with van der Waals surface area (Å²) in [5, 5.41) is 23.5. The standard InChI is InChI=1S/C18H15N5OS2/c1-12(16(24)20-15-9-5-6-13(10-15)11-19)25-18-23-22-17(26-18)21-14-7-3-2-4-8-14/h2-10,12H,1H3,(H,20,24)(H,21,22). The first-order valence-corrected chi connectivity index (χ1v) is 9.47. The highest BCUT2D eigenvalue weighted by Gasteiger charge is 2.17. The molecule has 3 aromatic rings. The Balaban J connectivity index is 1.58. The third-order valence-corrected chi connectivity index (χ3v) is 5.36. The molecule has 1 unspecified atom stereocenters. The lowest BCUT2D eigenvalue weighted by Gasteiger charge is -2.10. The van der Waals surface area contributed by atoms with E-state index in [4.69, 9.17) is 5.26 Å². The van der Waals surface area contributed by atoms with Gasteiger partial charge in [-0.2, -0.15) is 5.26 Å². The number of carbonyl (C=O) groups is 1. The van der Waals surface area contributed by atoms with Gasteiger partial charge in [0.1, 0.15) is 0 Å². The van der Waals surface area contributed by atoms with Crippen LogP contribution in [-0.2, 0) is 4.79 Å². The fraction of sp³-hybridized carbons (Fsp3) is 0.111. The number of thioether (sulfide) groups is 1. The third-order valence-electron chi connectivity index (χ3n) is 3.34. The van der Waals surface area contributed by atoms with Crippen LogP contribution in [0, 0.1) is 11.3 Å². The van der Waals surface area contributed by atoms with Gasteiger partial charge in [0, 0.05) is 11.4 Å². The Morgan fingerprint density at radius 2 is 1.92 bits per heavy atom. The van der Waals surface area contributed by atoms with Crippen molar-refractivity contribution >= 4 is 45.5 Å². The van der Waals surface area contributed by atoms with Gasteiger partial charge in [0.2, 0.25) is 11.0 Å². The van der Waals surface area contributed by atoms with Crippen molar-refractivity contribution in [2.24, 2.45) is 0 Å². The number of nitrogens with zero attached hydrogens (tertiary/aromatic N) is 3. The molecule has 26 heavy (non-hydrogen) atoms. The van der Waals surface area contributed by atoms with E-state index in [0.29, 0.717) is 20.7 Å². The van der Waals surface area contributed by atoms with E-state index in [0.717, 1.165) is 5.69 Å². The number of amides is 1. The molecule has 0 aliphatic carbocycles. The second kappa shape index (κ2) is 8.47. The van der Waals surface area contributed by atoms with Crippen LogP contribution in [0.3, 0.4) is 0 Å². The van der Waals surface area contributed by atoms with Crippen molar-refractivity contribution in [2.75, 3.05) is 10.6 Å². The summed E-state index contributed by atoms with van der Waals surface area (Å²) in [7, 11) is 0. The van der Waals surface area contributed by atoms with Crippen LogP contribution in [0.2, 0.25) is 0 Å². The van der Waals surface area contributed by atoms with E-state index in [9.17, 15) is 4.79 Å². The van der Waals surface area contributed by atoms with Crippen LogP contribution in [-0.4, -0.2) is 21.4 Å². The number of anilines is 3. The quantitative estimate of drug-likeness (QED) is 0.620. The van der Waals surface area contributed by atoms with Gasteiger partial charge in [-0.05, 0) is 37.3 Å². The van der Waals surface area contributed by atoms with E-state index < -0.39 is 0 Å². The van der Waals surface area contributed by atoms with E-state index in [1.165, 1.54) is 23.1 Å². The predicted octanol–water partition coefficient (Wildman–Crippen LogP) is 4.27. The summed E-state index contributed by atoms with van der Waals surface area (Å²) in [6.45, 7) is 1.81. The fourth-order valence-corrected chi connectivity index (χ4v) is 3.98. The van der Waals surface area contributed by atoms with E-state index in [1.54, 1.807) is 31.2 Å². The minimum absolute atomic E-state index is 0.155. The molecule has 0 bridgehead atoms. The van der Waals surface area contributed by atoms with Crippen LogP contribution in [0.5, 0.6) is 0 Å². The molecular formula is C18H15N5OS2. The summed E-state index contributed by atoms with van der Waals surface area (Å²) in [6, 6.07) is 18.6. The maximum absolute atomic E-state index is 12.3. The zero-order valence-corrected chi connectivity index (χ0v) is 15.5. The minimum atomic E-state index is -0.349. The highest BCUT2D eigenvalue weighted by Crippen LogP contribution is 2.30. The lowest BCUT2D eigenvalue weighted by molar-refractivity contribution is -0.115. The van der Waals surface area contributed by atoms with Crippen LogP contribution < -0.4 is 10.6 Å². The minimum Gasteiger partial charge on any atom is -0.330 e. The zero-order chi connectivity index (χ0) is 18.4. The van der Waals surface area contributed by atoms with Gasteiger partial charge in [0.15, 0.2) is 4.34 Å². The number of hydrogen-bond acceptors (Lipinski definition) is 7. The molecular weight excluding hydrogens is 366 g/mol. The Labute approximate surface area is 159 Å². The first-order chi connectivity index (χ1) is 12.6. The van der Waals surface area contributed by atoms with Gasteiger partial charge in [-0.15, -0.1) is 10.2 Å². The summed E-state index contributed by atoms with van der Waals surface area (Å²) >= 11 is 2.73. The molecule has 0 saturated heterocycles. The molecule has 8 heteroatoms.